The summed E-state index contributed by atoms with van der Waals surface area (Å²) in [6, 6.07) is 2.32. The van der Waals surface area contributed by atoms with Crippen molar-refractivity contribution in [2.45, 2.75) is 26.5 Å². The molecule has 0 unspecified atom stereocenters. The number of urea groups is 1. The maximum absolute atomic E-state index is 12.4. The van der Waals surface area contributed by atoms with Crippen molar-refractivity contribution in [3.05, 3.63) is 18.2 Å². The standard InChI is InChI=1S/C14H19F2N3O4/c1-7(2)11(19-14(17)21)12(20)18-8-4-5-9(22-3)10(6-8)23-13(15)16/h4-7,11,13H,1-3H3,(H,18,20)(H3,17,19,21)/t11-/m0/s1. The number of rotatable bonds is 7. The maximum Gasteiger partial charge on any atom is 0.387 e. The molecule has 0 spiro atoms. The lowest BCUT2D eigenvalue weighted by Gasteiger charge is -2.21. The zero-order valence-electron chi connectivity index (χ0n) is 12.9. The fourth-order valence-electron chi connectivity index (χ4n) is 1.85. The Bertz CT molecular complexity index is 567. The largest absolute Gasteiger partial charge is 0.493 e. The van der Waals surface area contributed by atoms with Crippen LogP contribution in [0.2, 0.25) is 0 Å². The highest BCUT2D eigenvalue weighted by Crippen LogP contribution is 2.31. The molecule has 3 amide bonds. The first kappa shape index (κ1) is 18.5. The van der Waals surface area contributed by atoms with Gasteiger partial charge in [-0.1, -0.05) is 13.8 Å². The minimum atomic E-state index is -3.03. The third-order valence-electron chi connectivity index (χ3n) is 2.89. The molecule has 9 heteroatoms. The lowest BCUT2D eigenvalue weighted by Crippen LogP contribution is -2.49. The third kappa shape index (κ3) is 5.61. The topological polar surface area (TPSA) is 103 Å². The van der Waals surface area contributed by atoms with Gasteiger partial charge in [-0.05, 0) is 18.1 Å². The summed E-state index contributed by atoms with van der Waals surface area (Å²) in [6.45, 7) is 0.411. The molecule has 0 radical (unpaired) electrons. The lowest BCUT2D eigenvalue weighted by atomic mass is 10.0. The van der Waals surface area contributed by atoms with Gasteiger partial charge < -0.3 is 25.8 Å². The zero-order valence-corrected chi connectivity index (χ0v) is 12.9. The zero-order chi connectivity index (χ0) is 17.6. The molecule has 1 aromatic carbocycles. The van der Waals surface area contributed by atoms with Crippen molar-refractivity contribution >= 4 is 17.6 Å². The van der Waals surface area contributed by atoms with Crippen LogP contribution in [0, 0.1) is 5.92 Å². The summed E-state index contributed by atoms with van der Waals surface area (Å²) >= 11 is 0. The Labute approximate surface area is 132 Å². The number of hydrogen-bond donors (Lipinski definition) is 3. The van der Waals surface area contributed by atoms with Crippen molar-refractivity contribution in [1.29, 1.82) is 0 Å². The third-order valence-corrected chi connectivity index (χ3v) is 2.89. The van der Waals surface area contributed by atoms with Crippen LogP contribution in [-0.4, -0.2) is 31.7 Å². The number of ether oxygens (including phenoxy) is 2. The fraction of sp³-hybridized carbons (Fsp3) is 0.429. The van der Waals surface area contributed by atoms with Crippen LogP contribution in [0.1, 0.15) is 13.8 Å². The van der Waals surface area contributed by atoms with E-state index in [0.29, 0.717) is 0 Å². The van der Waals surface area contributed by atoms with Crippen LogP contribution in [0.5, 0.6) is 11.5 Å². The predicted molar refractivity (Wildman–Crippen MR) is 79.6 cm³/mol. The first-order valence-electron chi connectivity index (χ1n) is 6.74. The number of nitrogens with two attached hydrogens (primary N) is 1. The summed E-state index contributed by atoms with van der Waals surface area (Å²) in [6.07, 6.45) is 0. The van der Waals surface area contributed by atoms with Crippen LogP contribution < -0.4 is 25.8 Å². The highest BCUT2D eigenvalue weighted by molar-refractivity contribution is 5.97. The molecule has 0 saturated carbocycles. The van der Waals surface area contributed by atoms with E-state index in [-0.39, 0.29) is 23.1 Å². The molecule has 128 valence electrons. The van der Waals surface area contributed by atoms with Crippen molar-refractivity contribution in [1.82, 2.24) is 5.32 Å². The number of carbonyl (C=O) groups excluding carboxylic acids is 2. The summed E-state index contributed by atoms with van der Waals surface area (Å²) in [4.78, 5) is 23.1. The van der Waals surface area contributed by atoms with E-state index in [2.05, 4.69) is 15.4 Å². The summed E-state index contributed by atoms with van der Waals surface area (Å²) in [5, 5.41) is 4.82. The summed E-state index contributed by atoms with van der Waals surface area (Å²) < 4.78 is 34.0. The number of benzene rings is 1. The molecule has 0 saturated heterocycles. The van der Waals surface area contributed by atoms with E-state index in [4.69, 9.17) is 10.5 Å². The van der Waals surface area contributed by atoms with Gasteiger partial charge in [-0.3, -0.25) is 4.79 Å². The summed E-state index contributed by atoms with van der Waals surface area (Å²) in [7, 11) is 1.30. The normalized spacial score (nSPS) is 12.0. The van der Waals surface area contributed by atoms with Gasteiger partial charge in [0.1, 0.15) is 6.04 Å². The maximum atomic E-state index is 12.4. The van der Waals surface area contributed by atoms with Gasteiger partial charge in [0.25, 0.3) is 0 Å². The van der Waals surface area contributed by atoms with E-state index in [9.17, 15) is 18.4 Å². The Morgan fingerprint density at radius 2 is 1.87 bits per heavy atom. The Morgan fingerprint density at radius 1 is 1.22 bits per heavy atom. The second-order valence-corrected chi connectivity index (χ2v) is 4.96. The van der Waals surface area contributed by atoms with Gasteiger partial charge in [0.2, 0.25) is 5.91 Å². The molecular weight excluding hydrogens is 312 g/mol. The van der Waals surface area contributed by atoms with Crippen LogP contribution in [-0.2, 0) is 4.79 Å². The van der Waals surface area contributed by atoms with E-state index in [1.807, 2.05) is 0 Å². The van der Waals surface area contributed by atoms with Gasteiger partial charge in [0.15, 0.2) is 11.5 Å². The minimum Gasteiger partial charge on any atom is -0.493 e. The molecule has 7 nitrogen and oxygen atoms in total. The number of halogens is 2. The molecule has 1 rings (SSSR count). The number of carbonyl (C=O) groups is 2. The lowest BCUT2D eigenvalue weighted by molar-refractivity contribution is -0.118. The Kier molecular flexibility index (Phi) is 6.55. The van der Waals surface area contributed by atoms with Crippen LogP contribution in [0.25, 0.3) is 0 Å². The van der Waals surface area contributed by atoms with Crippen LogP contribution in [0.4, 0.5) is 19.3 Å². The van der Waals surface area contributed by atoms with E-state index in [0.717, 1.165) is 0 Å². The van der Waals surface area contributed by atoms with Gasteiger partial charge in [0, 0.05) is 11.8 Å². The van der Waals surface area contributed by atoms with E-state index < -0.39 is 24.6 Å². The van der Waals surface area contributed by atoms with Crippen molar-refractivity contribution in [3.63, 3.8) is 0 Å². The number of primary amides is 1. The van der Waals surface area contributed by atoms with Crippen LogP contribution >= 0.6 is 0 Å². The molecule has 0 aromatic heterocycles. The second kappa shape index (κ2) is 8.16. The predicted octanol–water partition coefficient (Wildman–Crippen LogP) is 1.93. The van der Waals surface area contributed by atoms with Crippen LogP contribution in [0.3, 0.4) is 0 Å². The molecule has 0 aliphatic heterocycles. The van der Waals surface area contributed by atoms with Crippen LogP contribution in [0.15, 0.2) is 18.2 Å². The molecule has 1 atom stereocenters. The van der Waals surface area contributed by atoms with Gasteiger partial charge in [0.05, 0.1) is 7.11 Å². The average molecular weight is 331 g/mol. The molecule has 0 fully saturated rings. The number of hydrogen-bond acceptors (Lipinski definition) is 4. The minimum absolute atomic E-state index is 0.0963. The molecule has 23 heavy (non-hydrogen) atoms. The van der Waals surface area contributed by atoms with Crippen molar-refractivity contribution in [2.75, 3.05) is 12.4 Å². The van der Waals surface area contributed by atoms with E-state index >= 15 is 0 Å². The number of anilines is 1. The van der Waals surface area contributed by atoms with Crippen molar-refractivity contribution in [3.8, 4) is 11.5 Å². The number of methoxy groups -OCH3 is 1. The summed E-state index contributed by atoms with van der Waals surface area (Å²) in [5.41, 5.74) is 5.24. The molecule has 1 aromatic rings. The van der Waals surface area contributed by atoms with Gasteiger partial charge in [-0.2, -0.15) is 8.78 Å². The second-order valence-electron chi connectivity index (χ2n) is 4.96. The van der Waals surface area contributed by atoms with Gasteiger partial charge in [-0.15, -0.1) is 0 Å². The Balaban J connectivity index is 2.94. The van der Waals surface area contributed by atoms with E-state index in [1.54, 1.807) is 13.8 Å². The van der Waals surface area contributed by atoms with Crippen molar-refractivity contribution in [2.24, 2.45) is 11.7 Å². The first-order chi connectivity index (χ1) is 10.7. The molecular formula is C14H19F2N3O4. The number of nitrogens with one attached hydrogen (secondary N) is 2. The number of amides is 3. The fourth-order valence-corrected chi connectivity index (χ4v) is 1.85. The highest BCUT2D eigenvalue weighted by atomic mass is 19.3. The molecule has 0 heterocycles. The molecule has 0 aliphatic carbocycles. The van der Waals surface area contributed by atoms with Gasteiger partial charge in [-0.25, -0.2) is 4.79 Å². The monoisotopic (exact) mass is 331 g/mol. The smallest absolute Gasteiger partial charge is 0.387 e. The molecule has 4 N–H and O–H groups in total. The quantitative estimate of drug-likeness (QED) is 0.710. The van der Waals surface area contributed by atoms with Crippen molar-refractivity contribution < 1.29 is 27.8 Å². The molecule has 0 bridgehead atoms. The average Bonchev–Trinajstić information content (AvgIpc) is 2.43. The SMILES string of the molecule is COc1ccc(NC(=O)[C@@H](NC(N)=O)C(C)C)cc1OC(F)F. The Hall–Kier alpha value is -2.58. The molecule has 0 aliphatic rings. The highest BCUT2D eigenvalue weighted by Gasteiger charge is 2.23. The summed E-state index contributed by atoms with van der Waals surface area (Å²) in [5.74, 6) is -0.882. The van der Waals surface area contributed by atoms with Gasteiger partial charge >= 0.3 is 12.6 Å². The number of alkyl halides is 2. The van der Waals surface area contributed by atoms with E-state index in [1.165, 1.54) is 25.3 Å². The Morgan fingerprint density at radius 3 is 2.35 bits per heavy atom. The first-order valence-corrected chi connectivity index (χ1v) is 6.74.